The Hall–Kier alpha value is -2.96. The van der Waals surface area contributed by atoms with Crippen molar-refractivity contribution in [1.29, 1.82) is 0 Å². The predicted molar refractivity (Wildman–Crippen MR) is 85.7 cm³/mol. The van der Waals surface area contributed by atoms with Gasteiger partial charge in [-0.2, -0.15) is 0 Å². The normalized spacial score (nSPS) is 15.2. The van der Waals surface area contributed by atoms with E-state index in [1.165, 1.54) is 12.1 Å². The summed E-state index contributed by atoms with van der Waals surface area (Å²) in [5.41, 5.74) is 0.920. The molecular weight excluding hydrogens is 326 g/mol. The van der Waals surface area contributed by atoms with Gasteiger partial charge in [0.25, 0.3) is 5.91 Å². The molecule has 4 rings (SSSR count). The van der Waals surface area contributed by atoms with E-state index in [1.54, 1.807) is 4.90 Å². The maximum Gasteiger partial charge on any atom is 0.371 e. The fourth-order valence-electron chi connectivity index (χ4n) is 2.81. The molecule has 1 amide bonds. The summed E-state index contributed by atoms with van der Waals surface area (Å²) >= 11 is 0. The highest BCUT2D eigenvalue weighted by Gasteiger charge is 2.29. The van der Waals surface area contributed by atoms with E-state index in [1.807, 2.05) is 18.2 Å². The van der Waals surface area contributed by atoms with Crippen molar-refractivity contribution in [3.05, 3.63) is 47.4 Å². The fraction of sp³-hybridized carbons (Fsp3) is 0.333. The number of benzene rings is 1. The number of fused-ring (bicyclic) bond motifs is 1. The Kier molecular flexibility index (Phi) is 3.83. The summed E-state index contributed by atoms with van der Waals surface area (Å²) in [5.74, 6) is 0.160. The number of carboxylic acid groups (broad SMARTS) is 1. The topological polar surface area (TPSA) is 89.2 Å². The van der Waals surface area contributed by atoms with E-state index >= 15 is 0 Å². The van der Waals surface area contributed by atoms with E-state index in [0.717, 1.165) is 18.4 Å². The summed E-state index contributed by atoms with van der Waals surface area (Å²) < 4.78 is 15.8. The van der Waals surface area contributed by atoms with Crippen LogP contribution in [0.5, 0.6) is 11.5 Å². The number of rotatable bonds is 6. The van der Waals surface area contributed by atoms with Gasteiger partial charge < -0.3 is 23.9 Å². The van der Waals surface area contributed by atoms with Gasteiger partial charge in [-0.15, -0.1) is 0 Å². The van der Waals surface area contributed by atoms with Gasteiger partial charge in [-0.25, -0.2) is 4.79 Å². The van der Waals surface area contributed by atoms with Crippen LogP contribution in [0.4, 0.5) is 0 Å². The third-order valence-electron chi connectivity index (χ3n) is 4.30. The van der Waals surface area contributed by atoms with Gasteiger partial charge in [0.05, 0.1) is 0 Å². The molecular formula is C18H17NO6. The van der Waals surface area contributed by atoms with Gasteiger partial charge >= 0.3 is 5.97 Å². The van der Waals surface area contributed by atoms with Crippen LogP contribution in [0, 0.1) is 5.92 Å². The second-order valence-electron chi connectivity index (χ2n) is 6.29. The third kappa shape index (κ3) is 3.31. The monoisotopic (exact) mass is 343 g/mol. The highest BCUT2D eigenvalue weighted by atomic mass is 16.7. The maximum atomic E-state index is 12.8. The van der Waals surface area contributed by atoms with Crippen LogP contribution in [0.15, 0.2) is 34.7 Å². The second kappa shape index (κ2) is 6.16. The Morgan fingerprint density at radius 1 is 1.08 bits per heavy atom. The van der Waals surface area contributed by atoms with E-state index in [-0.39, 0.29) is 24.2 Å². The number of hydrogen-bond acceptors (Lipinski definition) is 5. The van der Waals surface area contributed by atoms with Crippen molar-refractivity contribution in [2.75, 3.05) is 13.3 Å². The lowest BCUT2D eigenvalue weighted by molar-refractivity contribution is 0.0645. The van der Waals surface area contributed by atoms with Crippen molar-refractivity contribution in [1.82, 2.24) is 4.90 Å². The first-order valence-electron chi connectivity index (χ1n) is 8.11. The van der Waals surface area contributed by atoms with Gasteiger partial charge in [0, 0.05) is 13.1 Å². The second-order valence-corrected chi connectivity index (χ2v) is 6.29. The highest BCUT2D eigenvalue weighted by molar-refractivity contribution is 5.93. The molecule has 7 nitrogen and oxygen atoms in total. The zero-order valence-electron chi connectivity index (χ0n) is 13.4. The molecule has 1 aliphatic heterocycles. The number of aromatic carboxylic acids is 1. The Morgan fingerprint density at radius 2 is 1.84 bits per heavy atom. The fourth-order valence-corrected chi connectivity index (χ4v) is 2.81. The first-order chi connectivity index (χ1) is 12.1. The largest absolute Gasteiger partial charge is 0.475 e. The van der Waals surface area contributed by atoms with Crippen LogP contribution in [0.1, 0.15) is 39.5 Å². The Labute approximate surface area is 143 Å². The van der Waals surface area contributed by atoms with Crippen molar-refractivity contribution in [2.45, 2.75) is 19.4 Å². The molecule has 1 aromatic carbocycles. The first-order valence-corrected chi connectivity index (χ1v) is 8.11. The maximum absolute atomic E-state index is 12.8. The molecule has 2 aromatic rings. The number of amides is 1. The smallest absolute Gasteiger partial charge is 0.371 e. The van der Waals surface area contributed by atoms with Crippen LogP contribution in [0.3, 0.4) is 0 Å². The average molecular weight is 343 g/mol. The molecule has 1 N–H and O–H groups in total. The van der Waals surface area contributed by atoms with E-state index in [9.17, 15) is 9.59 Å². The van der Waals surface area contributed by atoms with Gasteiger partial charge in [0.15, 0.2) is 17.3 Å². The van der Waals surface area contributed by atoms with Crippen LogP contribution >= 0.6 is 0 Å². The van der Waals surface area contributed by atoms with Gasteiger partial charge in [-0.3, -0.25) is 4.79 Å². The number of carbonyl (C=O) groups is 2. The van der Waals surface area contributed by atoms with Crippen molar-refractivity contribution >= 4 is 11.9 Å². The lowest BCUT2D eigenvalue weighted by Gasteiger charge is -2.22. The SMILES string of the molecule is O=C(O)c1ccc(C(=O)N(Cc2ccc3c(c2)OCO3)CC2CC2)o1. The molecule has 0 radical (unpaired) electrons. The molecule has 0 unspecified atom stereocenters. The molecule has 7 heteroatoms. The minimum atomic E-state index is -1.19. The summed E-state index contributed by atoms with van der Waals surface area (Å²) in [6, 6.07) is 8.29. The standard InChI is InChI=1S/C18H17NO6/c20-17(14-5-6-15(25-14)18(21)22)19(8-11-1-2-11)9-12-3-4-13-16(7-12)24-10-23-13/h3-7,11H,1-2,8-10H2,(H,21,22). The van der Waals surface area contributed by atoms with Gasteiger partial charge in [0.2, 0.25) is 12.6 Å². The summed E-state index contributed by atoms with van der Waals surface area (Å²) in [6.07, 6.45) is 2.20. The third-order valence-corrected chi connectivity index (χ3v) is 4.30. The Balaban J connectivity index is 1.54. The number of nitrogens with zero attached hydrogens (tertiary/aromatic N) is 1. The van der Waals surface area contributed by atoms with E-state index in [2.05, 4.69) is 0 Å². The van der Waals surface area contributed by atoms with Crippen molar-refractivity contribution in [3.63, 3.8) is 0 Å². The Bertz CT molecular complexity index is 823. The molecule has 1 aromatic heterocycles. The number of hydrogen-bond donors (Lipinski definition) is 1. The highest BCUT2D eigenvalue weighted by Crippen LogP contribution is 2.34. The number of furan rings is 1. The predicted octanol–water partition coefficient (Wildman–Crippen LogP) is 2.76. The molecule has 2 heterocycles. The summed E-state index contributed by atoms with van der Waals surface area (Å²) in [4.78, 5) is 25.4. The van der Waals surface area contributed by atoms with Gasteiger partial charge in [-0.1, -0.05) is 6.07 Å². The summed E-state index contributed by atoms with van der Waals surface area (Å²) in [6.45, 7) is 1.22. The van der Waals surface area contributed by atoms with Crippen LogP contribution in [0.25, 0.3) is 0 Å². The number of carbonyl (C=O) groups excluding carboxylic acids is 1. The van der Waals surface area contributed by atoms with Crippen LogP contribution < -0.4 is 9.47 Å². The van der Waals surface area contributed by atoms with Crippen LogP contribution in [-0.4, -0.2) is 35.2 Å². The van der Waals surface area contributed by atoms with Crippen molar-refractivity contribution in [3.8, 4) is 11.5 Å². The number of ether oxygens (including phenoxy) is 2. The van der Waals surface area contributed by atoms with Crippen molar-refractivity contribution in [2.24, 2.45) is 5.92 Å². The molecule has 0 bridgehead atoms. The summed E-state index contributed by atoms with van der Waals surface area (Å²) in [5, 5.41) is 8.95. The van der Waals surface area contributed by atoms with E-state index < -0.39 is 5.97 Å². The number of carboxylic acids is 1. The minimum Gasteiger partial charge on any atom is -0.475 e. The average Bonchev–Trinajstić information content (AvgIpc) is 3.11. The van der Waals surface area contributed by atoms with E-state index in [0.29, 0.717) is 30.5 Å². The lowest BCUT2D eigenvalue weighted by atomic mass is 10.1. The molecule has 1 aliphatic carbocycles. The summed E-state index contributed by atoms with van der Waals surface area (Å²) in [7, 11) is 0. The first kappa shape index (κ1) is 15.6. The zero-order chi connectivity index (χ0) is 17.4. The molecule has 1 saturated carbocycles. The molecule has 0 atom stereocenters. The van der Waals surface area contributed by atoms with Gasteiger partial charge in [-0.05, 0) is 48.6 Å². The van der Waals surface area contributed by atoms with Crippen LogP contribution in [0.2, 0.25) is 0 Å². The lowest BCUT2D eigenvalue weighted by Crippen LogP contribution is -2.32. The minimum absolute atomic E-state index is 0.0405. The quantitative estimate of drug-likeness (QED) is 0.867. The molecule has 1 fully saturated rings. The zero-order valence-corrected chi connectivity index (χ0v) is 13.4. The van der Waals surface area contributed by atoms with Crippen molar-refractivity contribution < 1.29 is 28.6 Å². The van der Waals surface area contributed by atoms with Gasteiger partial charge in [0.1, 0.15) is 0 Å². The molecule has 25 heavy (non-hydrogen) atoms. The molecule has 0 saturated heterocycles. The molecule has 0 spiro atoms. The van der Waals surface area contributed by atoms with Crippen LogP contribution in [-0.2, 0) is 6.54 Å². The molecule has 130 valence electrons. The molecule has 2 aliphatic rings. The Morgan fingerprint density at radius 3 is 2.56 bits per heavy atom. The van der Waals surface area contributed by atoms with E-state index in [4.69, 9.17) is 19.0 Å².